The Labute approximate surface area is 148 Å². The third-order valence-electron chi connectivity index (χ3n) is 3.13. The number of carbonyl (C=O) groups excluding carboxylic acids is 1. The van der Waals surface area contributed by atoms with Gasteiger partial charge in [0.15, 0.2) is 5.78 Å². The lowest BCUT2D eigenvalue weighted by Crippen LogP contribution is -2.15. The molecule has 2 aromatic rings. The van der Waals surface area contributed by atoms with Gasteiger partial charge in [-0.05, 0) is 48.9 Å². The van der Waals surface area contributed by atoms with Gasteiger partial charge in [-0.1, -0.05) is 45.7 Å². The Hall–Kier alpha value is -1.91. The van der Waals surface area contributed by atoms with Gasteiger partial charge in [-0.15, -0.1) is 0 Å². The highest BCUT2D eigenvalue weighted by atomic mass is 79.9. The van der Waals surface area contributed by atoms with E-state index in [9.17, 15) is 9.59 Å². The fraction of sp³-hybridized carbons (Fsp3) is 0.111. The summed E-state index contributed by atoms with van der Waals surface area (Å²) in [6.45, 7) is 2.49. The zero-order valence-corrected chi connectivity index (χ0v) is 14.8. The van der Waals surface area contributed by atoms with E-state index in [0.29, 0.717) is 21.7 Å². The van der Waals surface area contributed by atoms with Gasteiger partial charge in [0.05, 0.1) is 11.3 Å². The van der Waals surface area contributed by atoms with Crippen LogP contribution in [0.15, 0.2) is 57.8 Å². The molecule has 1 N–H and O–H groups in total. The largest absolute Gasteiger partial charge is 0.382 e. The third kappa shape index (κ3) is 4.53. The van der Waals surface area contributed by atoms with E-state index in [4.69, 9.17) is 11.6 Å². The molecule has 0 fully saturated rings. The molecule has 0 aliphatic carbocycles. The molecule has 23 heavy (non-hydrogen) atoms. The average molecular weight is 393 g/mol. The number of hydrogen-bond acceptors (Lipinski definition) is 3. The predicted molar refractivity (Wildman–Crippen MR) is 99.4 cm³/mol. The molecule has 0 bridgehead atoms. The van der Waals surface area contributed by atoms with Crippen LogP contribution in [0.5, 0.6) is 0 Å². The van der Waals surface area contributed by atoms with Gasteiger partial charge in [0.1, 0.15) is 0 Å². The van der Waals surface area contributed by atoms with Crippen LogP contribution < -0.4 is 10.7 Å². The summed E-state index contributed by atoms with van der Waals surface area (Å²) in [4.78, 5) is 24.9. The minimum absolute atomic E-state index is 0.0983. The van der Waals surface area contributed by atoms with Crippen molar-refractivity contribution in [3.63, 3.8) is 0 Å². The molecule has 0 aliphatic rings. The van der Waals surface area contributed by atoms with E-state index in [0.717, 1.165) is 5.56 Å². The smallest absolute Gasteiger partial charge is 0.212 e. The number of halogens is 2. The van der Waals surface area contributed by atoms with E-state index in [2.05, 4.69) is 21.2 Å². The number of nitrogens with one attached hydrogen (secondary N) is 1. The molecule has 0 aliphatic heterocycles. The van der Waals surface area contributed by atoms with Crippen molar-refractivity contribution in [2.24, 2.45) is 0 Å². The van der Waals surface area contributed by atoms with Crippen LogP contribution in [0.2, 0.25) is 5.02 Å². The van der Waals surface area contributed by atoms with Crippen molar-refractivity contribution in [2.45, 2.75) is 6.92 Å². The molecule has 0 heterocycles. The zero-order valence-electron chi connectivity index (χ0n) is 12.5. The van der Waals surface area contributed by atoms with E-state index < -0.39 is 0 Å². The molecule has 0 saturated heterocycles. The van der Waals surface area contributed by atoms with Gasteiger partial charge in [-0.25, -0.2) is 0 Å². The summed E-state index contributed by atoms with van der Waals surface area (Å²) >= 11 is 9.38. The second kappa shape index (κ2) is 8.09. The SMILES string of the molecule is CCNc1ccc(Br)cc(C(=O)/C=C/c2ccccc2Cl)c1=O. The third-order valence-corrected chi connectivity index (χ3v) is 3.97. The standard InChI is InChI=1S/C18H15BrClNO2/c1-2-21-16-9-8-13(19)11-14(18(16)23)17(22)10-7-12-5-3-4-6-15(12)20/h3-11H,2H2,1H3,(H,21,23)/b10-7+. The van der Waals surface area contributed by atoms with E-state index in [1.807, 2.05) is 19.1 Å². The van der Waals surface area contributed by atoms with Gasteiger partial charge in [0.25, 0.3) is 0 Å². The summed E-state index contributed by atoms with van der Waals surface area (Å²) in [7, 11) is 0. The fourth-order valence-corrected chi connectivity index (χ4v) is 2.57. The first-order valence-electron chi connectivity index (χ1n) is 7.07. The van der Waals surface area contributed by atoms with Crippen LogP contribution in [0.4, 0.5) is 5.69 Å². The molecule has 118 valence electrons. The van der Waals surface area contributed by atoms with Gasteiger partial charge in [0.2, 0.25) is 5.43 Å². The normalized spacial score (nSPS) is 10.7. The maximum atomic E-state index is 12.5. The van der Waals surface area contributed by atoms with Gasteiger partial charge < -0.3 is 5.32 Å². The summed E-state index contributed by atoms with van der Waals surface area (Å²) in [5, 5.41) is 3.52. The summed E-state index contributed by atoms with van der Waals surface area (Å²) in [6.07, 6.45) is 2.97. The van der Waals surface area contributed by atoms with Crippen LogP contribution in [0, 0.1) is 0 Å². The van der Waals surface area contributed by atoms with Crippen LogP contribution in [0.25, 0.3) is 6.08 Å². The van der Waals surface area contributed by atoms with Crippen LogP contribution in [-0.4, -0.2) is 12.3 Å². The minimum atomic E-state index is -0.369. The van der Waals surface area contributed by atoms with Crippen molar-refractivity contribution in [3.8, 4) is 0 Å². The Kier molecular flexibility index (Phi) is 6.13. The molecule has 5 heteroatoms. The van der Waals surface area contributed by atoms with E-state index in [1.165, 1.54) is 12.1 Å². The fourth-order valence-electron chi connectivity index (χ4n) is 2.01. The lowest BCUT2D eigenvalue weighted by molar-refractivity contribution is 0.104. The summed E-state index contributed by atoms with van der Waals surface area (Å²) in [5.41, 5.74) is 0.890. The summed E-state index contributed by atoms with van der Waals surface area (Å²) in [6, 6.07) is 12.1. The molecule has 0 spiro atoms. The molecular weight excluding hydrogens is 378 g/mol. The van der Waals surface area contributed by atoms with Crippen molar-refractivity contribution >= 4 is 45.1 Å². The molecule has 0 unspecified atom stereocenters. The second-order valence-corrected chi connectivity index (χ2v) is 6.09. The van der Waals surface area contributed by atoms with Crippen LogP contribution >= 0.6 is 27.5 Å². The lowest BCUT2D eigenvalue weighted by atomic mass is 10.1. The lowest BCUT2D eigenvalue weighted by Gasteiger charge is -1.99. The van der Waals surface area contributed by atoms with E-state index in [-0.39, 0.29) is 16.8 Å². The topological polar surface area (TPSA) is 46.2 Å². The number of rotatable bonds is 5. The Morgan fingerprint density at radius 2 is 2.00 bits per heavy atom. The summed E-state index contributed by atoms with van der Waals surface area (Å²) < 4.78 is 0.660. The molecule has 0 radical (unpaired) electrons. The van der Waals surface area contributed by atoms with Crippen molar-refractivity contribution in [1.29, 1.82) is 0 Å². The zero-order chi connectivity index (χ0) is 16.8. The summed E-state index contributed by atoms with van der Waals surface area (Å²) in [5.74, 6) is -0.369. The van der Waals surface area contributed by atoms with Crippen molar-refractivity contribution in [1.82, 2.24) is 0 Å². The van der Waals surface area contributed by atoms with Crippen LogP contribution in [-0.2, 0) is 0 Å². The average Bonchev–Trinajstić information content (AvgIpc) is 2.67. The monoisotopic (exact) mass is 391 g/mol. The molecule has 2 aromatic carbocycles. The van der Waals surface area contributed by atoms with Crippen molar-refractivity contribution in [2.75, 3.05) is 11.9 Å². The van der Waals surface area contributed by atoms with E-state index >= 15 is 0 Å². The van der Waals surface area contributed by atoms with Crippen LogP contribution in [0.1, 0.15) is 22.8 Å². The number of allylic oxidation sites excluding steroid dienone is 1. The van der Waals surface area contributed by atoms with Crippen LogP contribution in [0.3, 0.4) is 0 Å². The highest BCUT2D eigenvalue weighted by Gasteiger charge is 2.10. The number of ketones is 1. The molecular formula is C18H15BrClNO2. The number of anilines is 1. The molecule has 2 rings (SSSR count). The van der Waals surface area contributed by atoms with Gasteiger partial charge in [-0.3, -0.25) is 9.59 Å². The molecule has 0 saturated carbocycles. The quantitative estimate of drug-likeness (QED) is 0.588. The Morgan fingerprint density at radius 1 is 1.26 bits per heavy atom. The number of hydrogen-bond donors (Lipinski definition) is 1. The van der Waals surface area contributed by atoms with Crippen molar-refractivity contribution in [3.05, 3.63) is 79.4 Å². The Bertz CT molecular complexity index is 818. The van der Waals surface area contributed by atoms with Gasteiger partial charge in [0, 0.05) is 16.0 Å². The Morgan fingerprint density at radius 3 is 2.70 bits per heavy atom. The maximum Gasteiger partial charge on any atom is 0.212 e. The molecule has 3 nitrogen and oxygen atoms in total. The Balaban J connectivity index is 2.42. The highest BCUT2D eigenvalue weighted by molar-refractivity contribution is 9.10. The van der Waals surface area contributed by atoms with Gasteiger partial charge >= 0.3 is 0 Å². The molecule has 0 aromatic heterocycles. The van der Waals surface area contributed by atoms with Gasteiger partial charge in [-0.2, -0.15) is 0 Å². The van der Waals surface area contributed by atoms with Crippen molar-refractivity contribution < 1.29 is 4.79 Å². The maximum absolute atomic E-state index is 12.5. The highest BCUT2D eigenvalue weighted by Crippen LogP contribution is 2.17. The first kappa shape index (κ1) is 17.4. The number of benzene rings is 1. The molecule has 0 atom stereocenters. The predicted octanol–water partition coefficient (Wildman–Crippen LogP) is 4.79. The number of carbonyl (C=O) groups is 1. The first-order valence-corrected chi connectivity index (χ1v) is 8.24. The first-order chi connectivity index (χ1) is 11.0. The minimum Gasteiger partial charge on any atom is -0.382 e. The molecule has 0 amide bonds. The van der Waals surface area contributed by atoms with E-state index in [1.54, 1.807) is 30.3 Å². The second-order valence-electron chi connectivity index (χ2n) is 4.77.